The molecule has 0 radical (unpaired) electrons. The van der Waals surface area contributed by atoms with Gasteiger partial charge in [0, 0.05) is 12.0 Å². The Morgan fingerprint density at radius 1 is 1.18 bits per heavy atom. The van der Waals surface area contributed by atoms with Crippen LogP contribution in [0.15, 0.2) is 34.6 Å². The van der Waals surface area contributed by atoms with E-state index >= 15 is 0 Å². The highest BCUT2D eigenvalue weighted by Gasteiger charge is 2.15. The summed E-state index contributed by atoms with van der Waals surface area (Å²) in [5, 5.41) is 1.94. The molecule has 0 bridgehead atoms. The van der Waals surface area contributed by atoms with Crippen molar-refractivity contribution in [3.05, 3.63) is 35.2 Å². The summed E-state index contributed by atoms with van der Waals surface area (Å²) >= 11 is 1.45. The fourth-order valence-corrected chi connectivity index (χ4v) is 3.68. The van der Waals surface area contributed by atoms with E-state index in [-0.39, 0.29) is 5.41 Å². The van der Waals surface area contributed by atoms with Crippen LogP contribution in [0, 0.1) is 5.41 Å². The minimum Gasteiger partial charge on any atom is -0.310 e. The number of hydrazine groups is 1. The zero-order valence-electron chi connectivity index (χ0n) is 13.1. The Hall–Kier alpha value is -1.02. The number of nitrogens with one attached hydrogen (secondary N) is 3. The molecule has 0 spiro atoms. The SMILES string of the molecule is CC(C)(C)CCCNS(=O)(=O)c1ccc(C2=CSNN2)cc1. The van der Waals surface area contributed by atoms with Crippen molar-refractivity contribution in [2.45, 2.75) is 38.5 Å². The summed E-state index contributed by atoms with van der Waals surface area (Å²) in [6, 6.07) is 6.87. The molecule has 1 heterocycles. The fraction of sp³-hybridized carbons (Fsp3) is 0.467. The molecule has 0 atom stereocenters. The van der Waals surface area contributed by atoms with Crippen molar-refractivity contribution in [3.63, 3.8) is 0 Å². The molecule has 0 aromatic heterocycles. The molecule has 1 aliphatic heterocycles. The predicted molar refractivity (Wildman–Crippen MR) is 92.2 cm³/mol. The highest BCUT2D eigenvalue weighted by atomic mass is 32.2. The number of hydrogen-bond donors (Lipinski definition) is 3. The van der Waals surface area contributed by atoms with Gasteiger partial charge in [-0.2, -0.15) is 4.83 Å². The number of sulfonamides is 1. The van der Waals surface area contributed by atoms with Gasteiger partial charge in [0.05, 0.1) is 10.6 Å². The Kier molecular flexibility index (Phi) is 5.55. The predicted octanol–water partition coefficient (Wildman–Crippen LogP) is 2.85. The first kappa shape index (κ1) is 17.3. The van der Waals surface area contributed by atoms with E-state index in [1.54, 1.807) is 24.3 Å². The Balaban J connectivity index is 1.94. The maximum Gasteiger partial charge on any atom is 0.240 e. The lowest BCUT2D eigenvalue weighted by molar-refractivity contribution is 0.365. The molecule has 7 heteroatoms. The van der Waals surface area contributed by atoms with Crippen molar-refractivity contribution >= 4 is 27.7 Å². The largest absolute Gasteiger partial charge is 0.310 e. The second-order valence-corrected chi connectivity index (χ2v) is 8.91. The Morgan fingerprint density at radius 3 is 2.41 bits per heavy atom. The molecule has 0 aliphatic carbocycles. The lowest BCUT2D eigenvalue weighted by atomic mass is 9.91. The third kappa shape index (κ3) is 5.01. The van der Waals surface area contributed by atoms with Gasteiger partial charge in [-0.15, -0.1) is 0 Å². The molecule has 2 rings (SSSR count). The van der Waals surface area contributed by atoms with Crippen LogP contribution < -0.4 is 15.0 Å². The summed E-state index contributed by atoms with van der Waals surface area (Å²) < 4.78 is 27.1. The van der Waals surface area contributed by atoms with Crippen molar-refractivity contribution in [1.82, 2.24) is 15.0 Å². The van der Waals surface area contributed by atoms with Crippen molar-refractivity contribution in [1.29, 1.82) is 0 Å². The summed E-state index contributed by atoms with van der Waals surface area (Å²) in [7, 11) is -3.43. The van der Waals surface area contributed by atoms with E-state index in [1.165, 1.54) is 11.9 Å². The van der Waals surface area contributed by atoms with E-state index in [2.05, 4.69) is 35.8 Å². The summed E-state index contributed by atoms with van der Waals surface area (Å²) in [5.41, 5.74) is 5.10. The first-order chi connectivity index (χ1) is 10.3. The van der Waals surface area contributed by atoms with Crippen LogP contribution in [-0.2, 0) is 10.0 Å². The van der Waals surface area contributed by atoms with Crippen LogP contribution in [0.1, 0.15) is 39.2 Å². The third-order valence-corrected chi connectivity index (χ3v) is 5.34. The minimum absolute atomic E-state index is 0.223. The van der Waals surface area contributed by atoms with Crippen molar-refractivity contribution < 1.29 is 8.42 Å². The molecule has 0 fully saturated rings. The molecule has 1 aromatic rings. The molecule has 122 valence electrons. The monoisotopic (exact) mass is 341 g/mol. The zero-order chi connectivity index (χ0) is 16.2. The Labute approximate surface area is 137 Å². The average Bonchev–Trinajstić information content (AvgIpc) is 2.97. The van der Waals surface area contributed by atoms with Gasteiger partial charge in [-0.1, -0.05) is 32.9 Å². The molecule has 3 N–H and O–H groups in total. The molecule has 0 amide bonds. The Bertz CT molecular complexity index is 632. The van der Waals surface area contributed by atoms with Gasteiger partial charge in [-0.25, -0.2) is 13.1 Å². The van der Waals surface area contributed by atoms with E-state index in [0.717, 1.165) is 24.1 Å². The van der Waals surface area contributed by atoms with E-state index in [0.29, 0.717) is 11.4 Å². The van der Waals surface area contributed by atoms with Crippen molar-refractivity contribution in [2.24, 2.45) is 5.41 Å². The second kappa shape index (κ2) is 7.04. The normalized spacial score (nSPS) is 15.5. The molecule has 22 heavy (non-hydrogen) atoms. The highest BCUT2D eigenvalue weighted by Crippen LogP contribution is 2.21. The standard InChI is InChI=1S/C15H23N3O2S2/c1-15(2,3)9-4-10-16-22(19,20)13-7-5-12(6-8-13)14-11-21-18-17-14/h5-8,11,16-18H,4,9-10H2,1-3H3. The van der Waals surface area contributed by atoms with Gasteiger partial charge in [0.1, 0.15) is 0 Å². The van der Waals surface area contributed by atoms with Crippen LogP contribution >= 0.6 is 11.9 Å². The van der Waals surface area contributed by atoms with Crippen LogP contribution in [0.3, 0.4) is 0 Å². The molecular weight excluding hydrogens is 318 g/mol. The number of benzene rings is 1. The minimum atomic E-state index is -3.43. The third-order valence-electron chi connectivity index (χ3n) is 3.29. The molecule has 0 unspecified atom stereocenters. The van der Waals surface area contributed by atoms with Gasteiger partial charge in [0.25, 0.3) is 0 Å². The van der Waals surface area contributed by atoms with E-state index in [9.17, 15) is 8.42 Å². The van der Waals surface area contributed by atoms with Gasteiger partial charge >= 0.3 is 0 Å². The van der Waals surface area contributed by atoms with Crippen LogP contribution in [0.5, 0.6) is 0 Å². The summed E-state index contributed by atoms with van der Waals surface area (Å²) in [6.07, 6.45) is 1.82. The summed E-state index contributed by atoms with van der Waals surface area (Å²) in [4.78, 5) is 3.20. The maximum atomic E-state index is 12.2. The topological polar surface area (TPSA) is 70.2 Å². The first-order valence-electron chi connectivity index (χ1n) is 7.25. The van der Waals surface area contributed by atoms with Gasteiger partial charge in [-0.05, 0) is 47.9 Å². The maximum absolute atomic E-state index is 12.2. The molecular formula is C15H23N3O2S2. The van der Waals surface area contributed by atoms with Crippen molar-refractivity contribution in [3.8, 4) is 0 Å². The number of rotatable bonds is 6. The molecule has 0 saturated heterocycles. The lowest BCUT2D eigenvalue weighted by Gasteiger charge is -2.17. The van der Waals surface area contributed by atoms with Crippen LogP contribution in [-0.4, -0.2) is 15.0 Å². The zero-order valence-corrected chi connectivity index (χ0v) is 14.8. The molecule has 1 aromatic carbocycles. The van der Waals surface area contributed by atoms with Crippen LogP contribution in [0.25, 0.3) is 5.70 Å². The van der Waals surface area contributed by atoms with E-state index in [4.69, 9.17) is 0 Å². The van der Waals surface area contributed by atoms with Crippen LogP contribution in [0.2, 0.25) is 0 Å². The lowest BCUT2D eigenvalue weighted by Crippen LogP contribution is -2.25. The quantitative estimate of drug-likeness (QED) is 0.548. The van der Waals surface area contributed by atoms with Gasteiger partial charge < -0.3 is 5.43 Å². The Morgan fingerprint density at radius 2 is 1.86 bits per heavy atom. The molecule has 1 aliphatic rings. The molecule has 5 nitrogen and oxygen atoms in total. The summed E-state index contributed by atoms with van der Waals surface area (Å²) in [5.74, 6) is 0. The highest BCUT2D eigenvalue weighted by molar-refractivity contribution is 8.00. The summed E-state index contributed by atoms with van der Waals surface area (Å²) in [6.45, 7) is 6.92. The van der Waals surface area contributed by atoms with Gasteiger partial charge in [0.15, 0.2) is 0 Å². The second-order valence-electron chi connectivity index (χ2n) is 6.46. The smallest absolute Gasteiger partial charge is 0.240 e. The van der Waals surface area contributed by atoms with E-state index < -0.39 is 10.0 Å². The van der Waals surface area contributed by atoms with Crippen LogP contribution in [0.4, 0.5) is 0 Å². The average molecular weight is 342 g/mol. The van der Waals surface area contributed by atoms with Gasteiger partial charge in [-0.3, -0.25) is 0 Å². The van der Waals surface area contributed by atoms with Crippen molar-refractivity contribution in [2.75, 3.05) is 6.54 Å². The fourth-order valence-electron chi connectivity index (χ4n) is 2.06. The van der Waals surface area contributed by atoms with Gasteiger partial charge in [0.2, 0.25) is 10.0 Å². The number of hydrogen-bond acceptors (Lipinski definition) is 5. The molecule has 0 saturated carbocycles. The first-order valence-corrected chi connectivity index (χ1v) is 9.61. The van der Waals surface area contributed by atoms with E-state index in [1.807, 2.05) is 5.41 Å².